The van der Waals surface area contributed by atoms with Crippen molar-refractivity contribution in [2.75, 3.05) is 7.05 Å². The highest BCUT2D eigenvalue weighted by molar-refractivity contribution is 6.18. The van der Waals surface area contributed by atoms with Gasteiger partial charge in [-0.2, -0.15) is 5.10 Å². The third-order valence-electron chi connectivity index (χ3n) is 5.73. The maximum absolute atomic E-state index is 13.4. The van der Waals surface area contributed by atoms with E-state index in [1.54, 1.807) is 20.3 Å². The lowest BCUT2D eigenvalue weighted by Crippen LogP contribution is -2.46. The quantitative estimate of drug-likeness (QED) is 0.726. The monoisotopic (exact) mass is 432 g/mol. The van der Waals surface area contributed by atoms with E-state index in [0.717, 1.165) is 27.9 Å². The number of benzene rings is 1. The number of aromatic nitrogens is 1. The van der Waals surface area contributed by atoms with Crippen molar-refractivity contribution in [3.8, 4) is 11.8 Å². The number of rotatable bonds is 3. The van der Waals surface area contributed by atoms with E-state index in [4.69, 9.17) is 5.10 Å². The first-order valence-corrected chi connectivity index (χ1v) is 10.7. The maximum atomic E-state index is 13.4. The number of hydrazone groups is 1. The molecule has 1 aromatic heterocycles. The van der Waals surface area contributed by atoms with Crippen molar-refractivity contribution in [2.45, 2.75) is 52.6 Å². The Balaban J connectivity index is 1.82. The smallest absolute Gasteiger partial charge is 0.259 e. The first-order valence-electron chi connectivity index (χ1n) is 10.7. The van der Waals surface area contributed by atoms with Gasteiger partial charge in [0.2, 0.25) is 0 Å². The summed E-state index contributed by atoms with van der Waals surface area (Å²) in [6.07, 6.45) is 0.537. The summed E-state index contributed by atoms with van der Waals surface area (Å²) in [4.78, 5) is 22.3. The van der Waals surface area contributed by atoms with Gasteiger partial charge in [0.15, 0.2) is 6.17 Å². The summed E-state index contributed by atoms with van der Waals surface area (Å²) in [7, 11) is 1.71. The highest BCUT2D eigenvalue weighted by Gasteiger charge is 2.42. The second-order valence-electron chi connectivity index (χ2n) is 8.39. The van der Waals surface area contributed by atoms with Crippen molar-refractivity contribution >= 4 is 28.7 Å². The Bertz CT molecular complexity index is 1260. The van der Waals surface area contributed by atoms with Crippen molar-refractivity contribution in [1.29, 1.82) is 0 Å². The predicted octanol–water partition coefficient (Wildman–Crippen LogP) is 2.05. The number of hydrogen-bond donors (Lipinski definition) is 2. The molecule has 0 saturated carbocycles. The highest BCUT2D eigenvalue weighted by Crippen LogP contribution is 2.28. The molecule has 8 nitrogen and oxygen atoms in total. The summed E-state index contributed by atoms with van der Waals surface area (Å²) >= 11 is 0. The third-order valence-corrected chi connectivity index (χ3v) is 5.73. The topological polar surface area (TPSA) is 94.6 Å². The second-order valence-corrected chi connectivity index (χ2v) is 8.39. The lowest BCUT2D eigenvalue weighted by molar-refractivity contribution is 0.206. The molecular formula is C24H28N6O2. The maximum Gasteiger partial charge on any atom is 0.259 e. The van der Waals surface area contributed by atoms with Crippen LogP contribution in [0.25, 0.3) is 10.8 Å². The van der Waals surface area contributed by atoms with Gasteiger partial charge < -0.3 is 15.0 Å². The van der Waals surface area contributed by atoms with Crippen LogP contribution in [0.1, 0.15) is 38.1 Å². The fraction of sp³-hybridized carbons (Fsp3) is 0.417. The van der Waals surface area contributed by atoms with Gasteiger partial charge in [0.25, 0.3) is 5.56 Å². The summed E-state index contributed by atoms with van der Waals surface area (Å²) in [5.74, 6) is 6.24. The van der Waals surface area contributed by atoms with Crippen LogP contribution in [0.4, 0.5) is 0 Å². The Hall–Kier alpha value is -3.44. The molecule has 0 bridgehead atoms. The molecule has 0 saturated heterocycles. The van der Waals surface area contributed by atoms with Crippen molar-refractivity contribution in [3.63, 3.8) is 0 Å². The van der Waals surface area contributed by atoms with Gasteiger partial charge in [-0.25, -0.2) is 4.99 Å². The van der Waals surface area contributed by atoms with Gasteiger partial charge in [-0.05, 0) is 50.6 Å². The Morgan fingerprint density at radius 1 is 1.31 bits per heavy atom. The van der Waals surface area contributed by atoms with Crippen LogP contribution < -0.4 is 10.9 Å². The molecule has 0 amide bonds. The summed E-state index contributed by atoms with van der Waals surface area (Å²) < 4.78 is 1.83. The van der Waals surface area contributed by atoms with Crippen LogP contribution in [0.15, 0.2) is 44.1 Å². The summed E-state index contributed by atoms with van der Waals surface area (Å²) in [6, 6.07) is 7.95. The lowest BCUT2D eigenvalue weighted by atomic mass is 9.98. The standard InChI is InChI=1S/C24H28N6O2/c1-14(2)30-18(11-17-8-6-7-15(3)20(17)24(30)32)12-29-23-21(22(25-5)26-13-27-23)19(28-29)10-9-16(4)31/h6-8,11,13-14,16,21,23,31H,12H2,1-5H3,(H,25,26,27)/t16-,21?,23?/m1/s1. The van der Waals surface area contributed by atoms with E-state index in [1.165, 1.54) is 0 Å². The molecule has 2 aromatic rings. The van der Waals surface area contributed by atoms with Gasteiger partial charge >= 0.3 is 0 Å². The van der Waals surface area contributed by atoms with Gasteiger partial charge in [0.1, 0.15) is 23.6 Å². The fourth-order valence-corrected chi connectivity index (χ4v) is 4.35. The molecule has 3 heterocycles. The number of aliphatic imine (C=N–C) groups is 2. The van der Waals surface area contributed by atoms with Crippen LogP contribution in [0.3, 0.4) is 0 Å². The van der Waals surface area contributed by atoms with E-state index in [-0.39, 0.29) is 23.7 Å². The van der Waals surface area contributed by atoms with Crippen molar-refractivity contribution in [1.82, 2.24) is 14.9 Å². The van der Waals surface area contributed by atoms with E-state index in [1.807, 2.05) is 48.5 Å². The predicted molar refractivity (Wildman–Crippen MR) is 128 cm³/mol. The fourth-order valence-electron chi connectivity index (χ4n) is 4.35. The first-order chi connectivity index (χ1) is 15.3. The van der Waals surface area contributed by atoms with Crippen molar-refractivity contribution in [2.24, 2.45) is 21.0 Å². The number of pyridine rings is 1. The zero-order chi connectivity index (χ0) is 23.0. The average Bonchev–Trinajstić information content (AvgIpc) is 3.09. The largest absolute Gasteiger partial charge is 0.381 e. The minimum atomic E-state index is -0.762. The summed E-state index contributed by atoms with van der Waals surface area (Å²) in [5, 5.41) is 21.0. The third kappa shape index (κ3) is 3.80. The van der Waals surface area contributed by atoms with E-state index in [2.05, 4.69) is 33.2 Å². The second kappa shape index (κ2) is 8.60. The molecule has 8 heteroatoms. The minimum absolute atomic E-state index is 0.00377. The summed E-state index contributed by atoms with van der Waals surface area (Å²) in [6.45, 7) is 7.99. The molecular weight excluding hydrogens is 404 g/mol. The van der Waals surface area contributed by atoms with Gasteiger partial charge in [0.05, 0.1) is 18.3 Å². The Labute approximate surface area is 187 Å². The van der Waals surface area contributed by atoms with Crippen molar-refractivity contribution < 1.29 is 5.11 Å². The van der Waals surface area contributed by atoms with Crippen LogP contribution in [-0.2, 0) is 6.54 Å². The highest BCUT2D eigenvalue weighted by atomic mass is 16.3. The molecule has 2 N–H and O–H groups in total. The van der Waals surface area contributed by atoms with Crippen LogP contribution >= 0.6 is 0 Å². The number of aliphatic hydroxyl groups excluding tert-OH is 1. The number of aryl methyl sites for hydroxylation is 1. The average molecular weight is 433 g/mol. The van der Waals surface area contributed by atoms with Gasteiger partial charge in [0, 0.05) is 18.8 Å². The van der Waals surface area contributed by atoms with Gasteiger partial charge in [-0.15, -0.1) is 0 Å². The first kappa shape index (κ1) is 21.8. The SMILES string of the molecule is CN=C1NC=NC2C1C(C#C[C@@H](C)O)=NN2Cc1cc2cccc(C)c2c(=O)n1C(C)C. The molecule has 3 atom stereocenters. The lowest BCUT2D eigenvalue weighted by Gasteiger charge is -2.29. The van der Waals surface area contributed by atoms with E-state index < -0.39 is 6.10 Å². The molecule has 2 unspecified atom stereocenters. The Morgan fingerprint density at radius 2 is 2.09 bits per heavy atom. The Morgan fingerprint density at radius 3 is 2.78 bits per heavy atom. The molecule has 32 heavy (non-hydrogen) atoms. The molecule has 0 radical (unpaired) electrons. The molecule has 4 rings (SSSR count). The zero-order valence-electron chi connectivity index (χ0n) is 19.0. The van der Waals surface area contributed by atoms with E-state index in [0.29, 0.717) is 12.3 Å². The molecule has 1 aromatic carbocycles. The normalized spacial score (nSPS) is 21.9. The van der Waals surface area contributed by atoms with E-state index in [9.17, 15) is 9.90 Å². The number of amidine groups is 1. The number of hydrogen-bond acceptors (Lipinski definition) is 6. The van der Waals surface area contributed by atoms with E-state index >= 15 is 0 Å². The molecule has 2 aliphatic heterocycles. The number of nitrogens with one attached hydrogen (secondary N) is 1. The molecule has 2 aliphatic rings. The van der Waals surface area contributed by atoms with Gasteiger partial charge in [-0.1, -0.05) is 24.1 Å². The Kier molecular flexibility index (Phi) is 5.85. The van der Waals surface area contributed by atoms with Crippen LogP contribution in [0, 0.1) is 24.7 Å². The van der Waals surface area contributed by atoms with Crippen LogP contribution in [0.5, 0.6) is 0 Å². The zero-order valence-corrected chi connectivity index (χ0v) is 19.0. The summed E-state index contributed by atoms with van der Waals surface area (Å²) in [5.41, 5.74) is 2.43. The van der Waals surface area contributed by atoms with Crippen LogP contribution in [-0.4, -0.2) is 51.9 Å². The van der Waals surface area contributed by atoms with Crippen molar-refractivity contribution in [3.05, 3.63) is 45.9 Å². The minimum Gasteiger partial charge on any atom is -0.381 e. The molecule has 166 valence electrons. The number of nitrogens with zero attached hydrogens (tertiary/aromatic N) is 5. The molecule has 0 spiro atoms. The molecule has 0 aliphatic carbocycles. The number of fused-ring (bicyclic) bond motifs is 2. The van der Waals surface area contributed by atoms with Gasteiger partial charge in [-0.3, -0.25) is 14.8 Å². The van der Waals surface area contributed by atoms with Crippen LogP contribution in [0.2, 0.25) is 0 Å². The molecule has 0 fully saturated rings. The number of aliphatic hydroxyl groups is 1.